The Morgan fingerprint density at radius 2 is 1.91 bits per heavy atom. The molecule has 0 saturated heterocycles. The lowest BCUT2D eigenvalue weighted by molar-refractivity contribution is -0.153. The van der Waals surface area contributed by atoms with Crippen molar-refractivity contribution in [3.63, 3.8) is 0 Å². The van der Waals surface area contributed by atoms with E-state index in [9.17, 15) is 22.8 Å². The van der Waals surface area contributed by atoms with E-state index in [2.05, 4.69) is 10.1 Å². The molecular formula is C14H13F3N2O4. The van der Waals surface area contributed by atoms with Gasteiger partial charge in [-0.15, -0.1) is 0 Å². The van der Waals surface area contributed by atoms with Gasteiger partial charge < -0.3 is 15.2 Å². The number of ether oxygens (including phenoxy) is 1. The number of aliphatic hydroxyl groups excluding tert-OH is 1. The van der Waals surface area contributed by atoms with Gasteiger partial charge in [0.1, 0.15) is 11.4 Å². The van der Waals surface area contributed by atoms with Crippen molar-refractivity contribution in [2.45, 2.75) is 6.18 Å². The zero-order valence-corrected chi connectivity index (χ0v) is 11.8. The van der Waals surface area contributed by atoms with Gasteiger partial charge in [0.2, 0.25) is 0 Å². The first-order chi connectivity index (χ1) is 10.8. The van der Waals surface area contributed by atoms with Crippen LogP contribution in [0.3, 0.4) is 0 Å². The Labute approximate surface area is 129 Å². The second-order valence-corrected chi connectivity index (χ2v) is 4.60. The number of aliphatic hydroxyl groups is 1. The van der Waals surface area contributed by atoms with Gasteiger partial charge in [-0.25, -0.2) is 0 Å². The fourth-order valence-electron chi connectivity index (χ4n) is 1.91. The summed E-state index contributed by atoms with van der Waals surface area (Å²) >= 11 is 0. The van der Waals surface area contributed by atoms with Crippen LogP contribution < -0.4 is 10.1 Å². The van der Waals surface area contributed by atoms with Crippen molar-refractivity contribution in [2.24, 2.45) is 0 Å². The molecule has 23 heavy (non-hydrogen) atoms. The number of imide groups is 1. The highest BCUT2D eigenvalue weighted by molar-refractivity contribution is 6.17. The number of carbonyl (C=O) groups excluding carboxylic acids is 2. The average molecular weight is 330 g/mol. The normalized spacial score (nSPS) is 15.0. The SMILES string of the molecule is O=C1C=C(Nc2ccccc2OCC(F)(F)F)C(=O)N1CCO. The van der Waals surface area contributed by atoms with E-state index in [0.29, 0.717) is 0 Å². The highest BCUT2D eigenvalue weighted by atomic mass is 19.4. The van der Waals surface area contributed by atoms with Crippen molar-refractivity contribution < 1.29 is 32.6 Å². The minimum absolute atomic E-state index is 0.105. The number of β-amino-alcohol motifs (C(OH)–C–C–N with tert-alkyl or cyclic N) is 1. The molecule has 1 aliphatic rings. The Morgan fingerprint density at radius 1 is 1.22 bits per heavy atom. The van der Waals surface area contributed by atoms with Crippen molar-refractivity contribution in [3.8, 4) is 5.75 Å². The average Bonchev–Trinajstić information content (AvgIpc) is 2.74. The molecule has 0 radical (unpaired) electrons. The van der Waals surface area contributed by atoms with Crippen LogP contribution >= 0.6 is 0 Å². The van der Waals surface area contributed by atoms with E-state index in [-0.39, 0.29) is 30.3 Å². The predicted molar refractivity (Wildman–Crippen MR) is 73.5 cm³/mol. The molecule has 2 amide bonds. The smallest absolute Gasteiger partial charge is 0.422 e. The van der Waals surface area contributed by atoms with E-state index in [0.717, 1.165) is 11.0 Å². The van der Waals surface area contributed by atoms with E-state index < -0.39 is 24.6 Å². The summed E-state index contributed by atoms with van der Waals surface area (Å²) in [5.74, 6) is -1.39. The Morgan fingerprint density at radius 3 is 2.57 bits per heavy atom. The summed E-state index contributed by atoms with van der Waals surface area (Å²) in [5.41, 5.74) is 0.0153. The van der Waals surface area contributed by atoms with E-state index in [1.54, 1.807) is 0 Å². The fraction of sp³-hybridized carbons (Fsp3) is 0.286. The van der Waals surface area contributed by atoms with Crippen LogP contribution in [0.25, 0.3) is 0 Å². The van der Waals surface area contributed by atoms with Crippen LogP contribution in [-0.2, 0) is 9.59 Å². The summed E-state index contributed by atoms with van der Waals surface area (Å²) < 4.78 is 41.4. The maximum absolute atomic E-state index is 12.2. The monoisotopic (exact) mass is 330 g/mol. The third kappa shape index (κ3) is 4.22. The zero-order chi connectivity index (χ0) is 17.0. The van der Waals surface area contributed by atoms with Crippen molar-refractivity contribution >= 4 is 17.5 Å². The van der Waals surface area contributed by atoms with E-state index in [1.807, 2.05) is 0 Å². The molecular weight excluding hydrogens is 317 g/mol. The fourth-order valence-corrected chi connectivity index (χ4v) is 1.91. The molecule has 0 unspecified atom stereocenters. The largest absolute Gasteiger partial charge is 0.482 e. The van der Waals surface area contributed by atoms with Gasteiger partial charge in [-0.2, -0.15) is 13.2 Å². The number of amides is 2. The van der Waals surface area contributed by atoms with E-state index in [4.69, 9.17) is 5.11 Å². The molecule has 2 rings (SSSR count). The number of halogens is 3. The van der Waals surface area contributed by atoms with Gasteiger partial charge in [0, 0.05) is 6.08 Å². The second kappa shape index (κ2) is 6.69. The summed E-state index contributed by atoms with van der Waals surface area (Å²) in [6, 6.07) is 5.74. The second-order valence-electron chi connectivity index (χ2n) is 4.60. The van der Waals surface area contributed by atoms with Crippen LogP contribution in [0, 0.1) is 0 Å². The molecule has 2 N–H and O–H groups in total. The molecule has 0 aliphatic carbocycles. The number of nitrogens with zero attached hydrogens (tertiary/aromatic N) is 1. The van der Waals surface area contributed by atoms with E-state index >= 15 is 0 Å². The molecule has 0 atom stereocenters. The first-order valence-electron chi connectivity index (χ1n) is 6.56. The molecule has 0 spiro atoms. The number of alkyl halides is 3. The van der Waals surface area contributed by atoms with Gasteiger partial charge >= 0.3 is 6.18 Å². The van der Waals surface area contributed by atoms with Gasteiger partial charge in [0.25, 0.3) is 11.8 Å². The minimum Gasteiger partial charge on any atom is -0.482 e. The lowest BCUT2D eigenvalue weighted by atomic mass is 10.2. The molecule has 9 heteroatoms. The summed E-state index contributed by atoms with van der Waals surface area (Å²) in [4.78, 5) is 24.4. The molecule has 0 aromatic heterocycles. The van der Waals surface area contributed by atoms with Crippen LogP contribution in [0.4, 0.5) is 18.9 Å². The van der Waals surface area contributed by atoms with Crippen LogP contribution in [0.2, 0.25) is 0 Å². The standard InChI is InChI=1S/C14H13F3N2O4/c15-14(16,17)8-23-11-4-2-1-3-9(11)18-10-7-12(21)19(5-6-20)13(10)22/h1-4,7,18,20H,5-6,8H2. The lowest BCUT2D eigenvalue weighted by Crippen LogP contribution is -2.34. The number of carbonyl (C=O) groups is 2. The summed E-state index contributed by atoms with van der Waals surface area (Å²) in [7, 11) is 0. The van der Waals surface area contributed by atoms with Crippen LogP contribution in [0.15, 0.2) is 36.0 Å². The van der Waals surface area contributed by atoms with Gasteiger partial charge in [-0.05, 0) is 12.1 Å². The molecule has 1 aliphatic heterocycles. The van der Waals surface area contributed by atoms with Crippen molar-refractivity contribution in [1.82, 2.24) is 4.90 Å². The van der Waals surface area contributed by atoms with Crippen LogP contribution in [-0.4, -0.2) is 47.8 Å². The van der Waals surface area contributed by atoms with Crippen LogP contribution in [0.5, 0.6) is 5.75 Å². The highest BCUT2D eigenvalue weighted by Crippen LogP contribution is 2.28. The number of anilines is 1. The summed E-state index contributed by atoms with van der Waals surface area (Å²) in [6.07, 6.45) is -3.48. The Balaban J connectivity index is 2.13. The van der Waals surface area contributed by atoms with Gasteiger partial charge in [0.15, 0.2) is 6.61 Å². The van der Waals surface area contributed by atoms with Crippen molar-refractivity contribution in [1.29, 1.82) is 0 Å². The van der Waals surface area contributed by atoms with E-state index in [1.165, 1.54) is 24.3 Å². The van der Waals surface area contributed by atoms with Gasteiger partial charge in [-0.3, -0.25) is 14.5 Å². The minimum atomic E-state index is -4.50. The third-order valence-electron chi connectivity index (χ3n) is 2.88. The molecule has 0 bridgehead atoms. The number of hydrogen-bond donors (Lipinski definition) is 2. The zero-order valence-electron chi connectivity index (χ0n) is 11.8. The predicted octanol–water partition coefficient (Wildman–Crippen LogP) is 1.28. The Bertz CT molecular complexity index is 643. The van der Waals surface area contributed by atoms with Crippen molar-refractivity contribution in [2.75, 3.05) is 25.1 Å². The number of nitrogens with one attached hydrogen (secondary N) is 1. The first kappa shape index (κ1) is 16.8. The van der Waals surface area contributed by atoms with Crippen LogP contribution in [0.1, 0.15) is 0 Å². The molecule has 1 aromatic rings. The topological polar surface area (TPSA) is 78.9 Å². The molecule has 0 saturated carbocycles. The number of para-hydroxylation sites is 2. The number of hydrogen-bond acceptors (Lipinski definition) is 5. The quantitative estimate of drug-likeness (QED) is 0.769. The Hall–Kier alpha value is -2.55. The molecule has 1 heterocycles. The molecule has 124 valence electrons. The maximum Gasteiger partial charge on any atom is 0.422 e. The maximum atomic E-state index is 12.2. The van der Waals surface area contributed by atoms with Gasteiger partial charge in [-0.1, -0.05) is 12.1 Å². The molecule has 1 aromatic carbocycles. The van der Waals surface area contributed by atoms with Crippen molar-refractivity contribution in [3.05, 3.63) is 36.0 Å². The number of rotatable bonds is 6. The summed E-state index contributed by atoms with van der Waals surface area (Å²) in [6.45, 7) is -2.02. The lowest BCUT2D eigenvalue weighted by Gasteiger charge is -2.16. The summed E-state index contributed by atoms with van der Waals surface area (Å²) in [5, 5.41) is 11.4. The first-order valence-corrected chi connectivity index (χ1v) is 6.56. The third-order valence-corrected chi connectivity index (χ3v) is 2.88. The highest BCUT2D eigenvalue weighted by Gasteiger charge is 2.32. The molecule has 0 fully saturated rings. The van der Waals surface area contributed by atoms with Gasteiger partial charge in [0.05, 0.1) is 18.8 Å². The Kier molecular flexibility index (Phi) is 4.89. The number of benzene rings is 1. The molecule has 6 nitrogen and oxygen atoms in total.